The van der Waals surface area contributed by atoms with Crippen molar-refractivity contribution < 1.29 is 9.26 Å². The molecule has 0 spiro atoms. The van der Waals surface area contributed by atoms with Crippen LogP contribution in [-0.4, -0.2) is 35.4 Å². The van der Waals surface area contributed by atoms with Crippen LogP contribution in [-0.2, 0) is 4.74 Å². The fraction of sp³-hybridized carbons (Fsp3) is 0.278. The first kappa shape index (κ1) is 16.9. The molecule has 3 rings (SSSR count). The third-order valence-electron chi connectivity index (χ3n) is 3.49. The molecule has 0 saturated carbocycles. The summed E-state index contributed by atoms with van der Waals surface area (Å²) in [5.74, 6) is 2.55. The Kier molecular flexibility index (Phi) is 5.58. The van der Waals surface area contributed by atoms with Crippen LogP contribution >= 0.6 is 0 Å². The van der Waals surface area contributed by atoms with Crippen LogP contribution in [0.4, 0.5) is 17.6 Å². The molecule has 7 heteroatoms. The number of benzene rings is 1. The number of nitrogens with zero attached hydrogens (tertiary/aromatic N) is 3. The van der Waals surface area contributed by atoms with E-state index in [-0.39, 0.29) is 0 Å². The molecular formula is C18H21N5O2. The summed E-state index contributed by atoms with van der Waals surface area (Å²) in [6, 6.07) is 13.7. The van der Waals surface area contributed by atoms with Gasteiger partial charge >= 0.3 is 0 Å². The van der Waals surface area contributed by atoms with Crippen LogP contribution in [0.15, 0.2) is 47.0 Å². The summed E-state index contributed by atoms with van der Waals surface area (Å²) in [6.45, 7) is 3.26. The van der Waals surface area contributed by atoms with Gasteiger partial charge in [-0.05, 0) is 13.3 Å². The number of nitrogens with one attached hydrogen (secondary N) is 2. The zero-order chi connectivity index (χ0) is 17.5. The highest BCUT2D eigenvalue weighted by Gasteiger charge is 2.08. The van der Waals surface area contributed by atoms with E-state index in [0.717, 1.165) is 30.0 Å². The van der Waals surface area contributed by atoms with Crippen LogP contribution < -0.4 is 10.6 Å². The molecule has 2 aromatic heterocycles. The van der Waals surface area contributed by atoms with E-state index >= 15 is 0 Å². The van der Waals surface area contributed by atoms with Crippen molar-refractivity contribution in [3.05, 3.63) is 48.2 Å². The first-order valence-electron chi connectivity index (χ1n) is 8.12. The highest BCUT2D eigenvalue weighted by atomic mass is 16.5. The van der Waals surface area contributed by atoms with Gasteiger partial charge in [-0.2, -0.15) is 4.98 Å². The largest absolute Gasteiger partial charge is 0.385 e. The van der Waals surface area contributed by atoms with Crippen molar-refractivity contribution in [1.29, 1.82) is 0 Å². The van der Waals surface area contributed by atoms with Gasteiger partial charge in [0, 0.05) is 38.0 Å². The summed E-state index contributed by atoms with van der Waals surface area (Å²) >= 11 is 0. The SMILES string of the molecule is COCCCNc1nc(Nc2cc(C)on2)cc(-c2ccccc2)n1. The second-order valence-corrected chi connectivity index (χ2v) is 5.55. The molecule has 0 unspecified atom stereocenters. The van der Waals surface area contributed by atoms with Gasteiger partial charge in [0.15, 0.2) is 5.82 Å². The smallest absolute Gasteiger partial charge is 0.225 e. The molecule has 0 atom stereocenters. The molecule has 1 aromatic carbocycles. The lowest BCUT2D eigenvalue weighted by atomic mass is 10.1. The van der Waals surface area contributed by atoms with Gasteiger partial charge in [0.05, 0.1) is 5.69 Å². The monoisotopic (exact) mass is 339 g/mol. The Morgan fingerprint density at radius 2 is 1.92 bits per heavy atom. The molecule has 7 nitrogen and oxygen atoms in total. The Labute approximate surface area is 146 Å². The average Bonchev–Trinajstić information content (AvgIpc) is 3.04. The van der Waals surface area contributed by atoms with Gasteiger partial charge in [0.1, 0.15) is 11.6 Å². The Morgan fingerprint density at radius 1 is 1.08 bits per heavy atom. The topological polar surface area (TPSA) is 85.1 Å². The summed E-state index contributed by atoms with van der Waals surface area (Å²) in [7, 11) is 1.69. The van der Waals surface area contributed by atoms with E-state index in [4.69, 9.17) is 9.26 Å². The maximum absolute atomic E-state index is 5.09. The lowest BCUT2D eigenvalue weighted by Gasteiger charge is -2.10. The average molecular weight is 339 g/mol. The Morgan fingerprint density at radius 3 is 2.64 bits per heavy atom. The molecule has 2 N–H and O–H groups in total. The molecule has 130 valence electrons. The molecule has 0 bridgehead atoms. The maximum atomic E-state index is 5.09. The van der Waals surface area contributed by atoms with E-state index in [1.54, 1.807) is 7.11 Å². The van der Waals surface area contributed by atoms with Crippen LogP contribution in [0.1, 0.15) is 12.2 Å². The zero-order valence-electron chi connectivity index (χ0n) is 14.3. The molecule has 0 saturated heterocycles. The second kappa shape index (κ2) is 8.25. The second-order valence-electron chi connectivity index (χ2n) is 5.55. The number of aryl methyl sites for hydroxylation is 1. The Balaban J connectivity index is 1.85. The van der Waals surface area contributed by atoms with E-state index in [1.807, 2.05) is 49.4 Å². The summed E-state index contributed by atoms with van der Waals surface area (Å²) in [5.41, 5.74) is 1.84. The minimum absolute atomic E-state index is 0.556. The van der Waals surface area contributed by atoms with Gasteiger partial charge in [0.2, 0.25) is 5.95 Å². The van der Waals surface area contributed by atoms with E-state index in [9.17, 15) is 0 Å². The van der Waals surface area contributed by atoms with Gasteiger partial charge in [-0.1, -0.05) is 35.5 Å². The first-order chi connectivity index (χ1) is 12.2. The van der Waals surface area contributed by atoms with Crippen molar-refractivity contribution in [3.63, 3.8) is 0 Å². The number of rotatable bonds is 8. The number of anilines is 3. The highest BCUT2D eigenvalue weighted by molar-refractivity contribution is 5.66. The van der Waals surface area contributed by atoms with E-state index in [0.29, 0.717) is 24.2 Å². The summed E-state index contributed by atoms with van der Waals surface area (Å²) in [4.78, 5) is 9.11. The predicted molar refractivity (Wildman–Crippen MR) is 97.0 cm³/mol. The van der Waals surface area contributed by atoms with Gasteiger partial charge in [-0.25, -0.2) is 4.98 Å². The quantitative estimate of drug-likeness (QED) is 0.606. The van der Waals surface area contributed by atoms with Gasteiger partial charge in [-0.3, -0.25) is 0 Å². The molecule has 0 aliphatic rings. The van der Waals surface area contributed by atoms with Crippen LogP contribution in [0.2, 0.25) is 0 Å². The molecule has 0 aliphatic heterocycles. The van der Waals surface area contributed by atoms with Gasteiger partial charge < -0.3 is 19.9 Å². The lowest BCUT2D eigenvalue weighted by molar-refractivity contribution is 0.197. The fourth-order valence-corrected chi connectivity index (χ4v) is 2.32. The minimum Gasteiger partial charge on any atom is -0.385 e. The number of aromatic nitrogens is 3. The fourth-order valence-electron chi connectivity index (χ4n) is 2.32. The summed E-state index contributed by atoms with van der Waals surface area (Å²) < 4.78 is 10.2. The highest BCUT2D eigenvalue weighted by Crippen LogP contribution is 2.23. The van der Waals surface area contributed by atoms with E-state index in [2.05, 4.69) is 25.8 Å². The summed E-state index contributed by atoms with van der Waals surface area (Å²) in [6.07, 6.45) is 0.876. The van der Waals surface area contributed by atoms with Crippen LogP contribution in [0.3, 0.4) is 0 Å². The minimum atomic E-state index is 0.556. The third-order valence-corrected chi connectivity index (χ3v) is 3.49. The molecule has 0 amide bonds. The van der Waals surface area contributed by atoms with Crippen molar-refractivity contribution in [2.45, 2.75) is 13.3 Å². The number of hydrogen-bond acceptors (Lipinski definition) is 7. The standard InChI is InChI=1S/C18H21N5O2/c1-13-11-17(23-25-13)21-16-12-15(14-7-4-3-5-8-14)20-18(22-16)19-9-6-10-24-2/h3-5,7-8,11-12H,6,9-10H2,1-2H3,(H2,19,20,21,22,23). The molecule has 25 heavy (non-hydrogen) atoms. The molecule has 0 radical (unpaired) electrons. The van der Waals surface area contributed by atoms with Crippen molar-refractivity contribution in [3.8, 4) is 11.3 Å². The van der Waals surface area contributed by atoms with Crippen molar-refractivity contribution >= 4 is 17.6 Å². The predicted octanol–water partition coefficient (Wildman–Crippen LogP) is 3.63. The number of methoxy groups -OCH3 is 1. The van der Waals surface area contributed by atoms with Crippen LogP contribution in [0.25, 0.3) is 11.3 Å². The molecule has 0 fully saturated rings. The van der Waals surface area contributed by atoms with E-state index in [1.165, 1.54) is 0 Å². The lowest BCUT2D eigenvalue weighted by Crippen LogP contribution is -2.09. The van der Waals surface area contributed by atoms with Crippen LogP contribution in [0, 0.1) is 6.92 Å². The normalized spacial score (nSPS) is 10.6. The maximum Gasteiger partial charge on any atom is 0.225 e. The van der Waals surface area contributed by atoms with Crippen molar-refractivity contribution in [1.82, 2.24) is 15.1 Å². The molecule has 3 aromatic rings. The zero-order valence-corrected chi connectivity index (χ0v) is 14.3. The van der Waals surface area contributed by atoms with Gasteiger partial charge in [0.25, 0.3) is 0 Å². The van der Waals surface area contributed by atoms with Crippen LogP contribution in [0.5, 0.6) is 0 Å². The van der Waals surface area contributed by atoms with Gasteiger partial charge in [-0.15, -0.1) is 0 Å². The number of ether oxygens (including phenoxy) is 1. The van der Waals surface area contributed by atoms with Crippen molar-refractivity contribution in [2.75, 3.05) is 30.9 Å². The van der Waals surface area contributed by atoms with Crippen molar-refractivity contribution in [2.24, 2.45) is 0 Å². The van der Waals surface area contributed by atoms with E-state index < -0.39 is 0 Å². The Bertz CT molecular complexity index is 804. The summed E-state index contributed by atoms with van der Waals surface area (Å²) in [5, 5.41) is 10.3. The number of hydrogen-bond donors (Lipinski definition) is 2. The Hall–Kier alpha value is -2.93. The molecule has 2 heterocycles. The third kappa shape index (κ3) is 4.77. The first-order valence-corrected chi connectivity index (χ1v) is 8.12. The molecular weight excluding hydrogens is 318 g/mol. The molecule has 0 aliphatic carbocycles.